The quantitative estimate of drug-likeness (QED) is 0.628. The first kappa shape index (κ1) is 20.9. The smallest absolute Gasteiger partial charge is 0.349 e. The van der Waals surface area contributed by atoms with Crippen molar-refractivity contribution in [1.82, 2.24) is 10.0 Å². The number of hydrogen-bond donors (Lipinski definition) is 2. The molecular formula is C19H24N2O5S. The molecule has 1 aromatic carbocycles. The summed E-state index contributed by atoms with van der Waals surface area (Å²) >= 11 is 0. The third kappa shape index (κ3) is 6.99. The highest BCUT2D eigenvalue weighted by atomic mass is 32.2. The van der Waals surface area contributed by atoms with Crippen molar-refractivity contribution in [2.24, 2.45) is 0 Å². The lowest BCUT2D eigenvalue weighted by Gasteiger charge is -2.08. The first-order valence-corrected chi connectivity index (χ1v) is 10.6. The van der Waals surface area contributed by atoms with Crippen molar-refractivity contribution < 1.29 is 17.6 Å². The third-order valence-corrected chi connectivity index (χ3v) is 4.66. The lowest BCUT2D eigenvalue weighted by molar-refractivity contribution is 0.0949. The number of rotatable bonds is 9. The van der Waals surface area contributed by atoms with Gasteiger partial charge < -0.3 is 9.73 Å². The maximum absolute atomic E-state index is 12.2. The zero-order valence-electron chi connectivity index (χ0n) is 15.4. The molecule has 146 valence electrons. The molecule has 2 N–H and O–H groups in total. The van der Waals surface area contributed by atoms with Crippen LogP contribution in [0.3, 0.4) is 0 Å². The summed E-state index contributed by atoms with van der Waals surface area (Å²) in [6.45, 7) is 1.80. The molecule has 8 heteroatoms. The van der Waals surface area contributed by atoms with E-state index in [1.807, 2.05) is 30.3 Å². The molecule has 0 saturated heterocycles. The minimum Gasteiger partial charge on any atom is -0.427 e. The third-order valence-electron chi connectivity index (χ3n) is 3.93. The van der Waals surface area contributed by atoms with Crippen molar-refractivity contribution in [2.45, 2.75) is 26.2 Å². The van der Waals surface area contributed by atoms with Crippen molar-refractivity contribution >= 4 is 15.9 Å². The fourth-order valence-corrected chi connectivity index (χ4v) is 3.15. The average molecular weight is 392 g/mol. The Morgan fingerprint density at radius 3 is 2.44 bits per heavy atom. The molecule has 0 atom stereocenters. The van der Waals surface area contributed by atoms with Gasteiger partial charge in [-0.15, -0.1) is 0 Å². The maximum Gasteiger partial charge on any atom is 0.349 e. The van der Waals surface area contributed by atoms with E-state index in [2.05, 4.69) is 10.0 Å². The van der Waals surface area contributed by atoms with Crippen LogP contribution in [0.2, 0.25) is 0 Å². The van der Waals surface area contributed by atoms with Crippen molar-refractivity contribution in [1.29, 1.82) is 0 Å². The van der Waals surface area contributed by atoms with E-state index in [0.29, 0.717) is 17.7 Å². The second-order valence-electron chi connectivity index (χ2n) is 6.32. The normalized spacial score (nSPS) is 11.3. The van der Waals surface area contributed by atoms with Gasteiger partial charge in [0.05, 0.1) is 6.26 Å². The SMILES string of the molecule is Cc1cc(CCCc2ccccc2)oc(=O)c1C(=O)NCCNS(C)(=O)=O. The fraction of sp³-hybridized carbons (Fsp3) is 0.368. The standard InChI is InChI=1S/C19H24N2O5S/c1-14-13-16(10-6-9-15-7-4-3-5-8-15)26-19(23)17(14)18(22)20-11-12-21-27(2,24)25/h3-5,7-8,13,21H,6,9-12H2,1-2H3,(H,20,22). The zero-order valence-corrected chi connectivity index (χ0v) is 16.3. The monoisotopic (exact) mass is 392 g/mol. The van der Waals surface area contributed by atoms with E-state index in [-0.39, 0.29) is 18.7 Å². The predicted molar refractivity (Wildman–Crippen MR) is 103 cm³/mol. The van der Waals surface area contributed by atoms with Gasteiger partial charge in [-0.25, -0.2) is 17.9 Å². The fourth-order valence-electron chi connectivity index (χ4n) is 2.68. The van der Waals surface area contributed by atoms with Crippen molar-refractivity contribution in [2.75, 3.05) is 19.3 Å². The minimum absolute atomic E-state index is 0.0481. The van der Waals surface area contributed by atoms with Gasteiger partial charge in [-0.3, -0.25) is 4.79 Å². The van der Waals surface area contributed by atoms with Crippen LogP contribution < -0.4 is 15.7 Å². The highest BCUT2D eigenvalue weighted by molar-refractivity contribution is 7.88. The van der Waals surface area contributed by atoms with E-state index in [9.17, 15) is 18.0 Å². The van der Waals surface area contributed by atoms with Gasteiger partial charge in [0.1, 0.15) is 11.3 Å². The van der Waals surface area contributed by atoms with Gasteiger partial charge in [0.15, 0.2) is 0 Å². The molecule has 0 spiro atoms. The topological polar surface area (TPSA) is 105 Å². The molecule has 2 aromatic rings. The Balaban J connectivity index is 1.93. The number of sulfonamides is 1. The summed E-state index contributed by atoms with van der Waals surface area (Å²) in [5.41, 5.74) is 1.02. The van der Waals surface area contributed by atoms with Crippen LogP contribution in [-0.2, 0) is 22.9 Å². The molecule has 7 nitrogen and oxygen atoms in total. The van der Waals surface area contributed by atoms with Gasteiger partial charge >= 0.3 is 5.63 Å². The Hall–Kier alpha value is -2.45. The second-order valence-corrected chi connectivity index (χ2v) is 8.15. The Morgan fingerprint density at radius 2 is 1.81 bits per heavy atom. The summed E-state index contributed by atoms with van der Waals surface area (Å²) in [5.74, 6) is -0.0314. The molecule has 0 bridgehead atoms. The van der Waals surface area contributed by atoms with E-state index in [1.54, 1.807) is 13.0 Å². The van der Waals surface area contributed by atoms with Crippen LogP contribution in [-0.4, -0.2) is 33.7 Å². The van der Waals surface area contributed by atoms with Crippen molar-refractivity contribution in [3.63, 3.8) is 0 Å². The number of carbonyl (C=O) groups excluding carboxylic acids is 1. The number of amides is 1. The molecule has 0 fully saturated rings. The predicted octanol–water partition coefficient (Wildman–Crippen LogP) is 1.40. The molecule has 0 aliphatic rings. The van der Waals surface area contributed by atoms with E-state index in [1.165, 1.54) is 5.56 Å². The number of aryl methyl sites for hydroxylation is 3. The van der Waals surface area contributed by atoms with E-state index < -0.39 is 21.6 Å². The average Bonchev–Trinajstić information content (AvgIpc) is 2.58. The molecule has 2 rings (SSSR count). The van der Waals surface area contributed by atoms with Crippen LogP contribution in [0.25, 0.3) is 0 Å². The molecule has 0 aliphatic carbocycles. The molecule has 0 radical (unpaired) electrons. The van der Waals surface area contributed by atoms with Crippen LogP contribution in [0.4, 0.5) is 0 Å². The number of carbonyl (C=O) groups is 1. The van der Waals surface area contributed by atoms with Gasteiger partial charge in [-0.1, -0.05) is 30.3 Å². The molecule has 1 aromatic heterocycles. The summed E-state index contributed by atoms with van der Waals surface area (Å²) < 4.78 is 29.5. The minimum atomic E-state index is -3.32. The van der Waals surface area contributed by atoms with Crippen LogP contribution >= 0.6 is 0 Å². The largest absolute Gasteiger partial charge is 0.427 e. The van der Waals surface area contributed by atoms with Crippen LogP contribution in [0, 0.1) is 6.92 Å². The van der Waals surface area contributed by atoms with Gasteiger partial charge in [0, 0.05) is 19.5 Å². The molecule has 1 amide bonds. The first-order chi connectivity index (χ1) is 12.8. The molecule has 1 heterocycles. The summed E-state index contributed by atoms with van der Waals surface area (Å²) in [7, 11) is -3.32. The van der Waals surface area contributed by atoms with E-state index in [0.717, 1.165) is 19.1 Å². The zero-order chi connectivity index (χ0) is 19.9. The van der Waals surface area contributed by atoms with Gasteiger partial charge in [-0.05, 0) is 37.0 Å². The molecular weight excluding hydrogens is 368 g/mol. The van der Waals surface area contributed by atoms with Gasteiger partial charge in [-0.2, -0.15) is 0 Å². The molecule has 0 saturated carbocycles. The van der Waals surface area contributed by atoms with Gasteiger partial charge in [0.25, 0.3) is 5.91 Å². The van der Waals surface area contributed by atoms with Crippen LogP contribution in [0.15, 0.2) is 45.6 Å². The van der Waals surface area contributed by atoms with Gasteiger partial charge in [0.2, 0.25) is 10.0 Å². The molecule has 0 aliphatic heterocycles. The molecule has 27 heavy (non-hydrogen) atoms. The number of benzene rings is 1. The van der Waals surface area contributed by atoms with E-state index >= 15 is 0 Å². The Labute approximate surface area is 158 Å². The number of hydrogen-bond acceptors (Lipinski definition) is 5. The second kappa shape index (κ2) is 9.48. The van der Waals surface area contributed by atoms with E-state index in [4.69, 9.17) is 4.42 Å². The van der Waals surface area contributed by atoms with Crippen LogP contribution in [0.1, 0.15) is 33.7 Å². The number of nitrogens with one attached hydrogen (secondary N) is 2. The first-order valence-electron chi connectivity index (χ1n) is 8.66. The Kier molecular flexibility index (Phi) is 7.32. The van der Waals surface area contributed by atoms with Crippen LogP contribution in [0.5, 0.6) is 0 Å². The van der Waals surface area contributed by atoms with Crippen molar-refractivity contribution in [3.05, 3.63) is 69.3 Å². The highest BCUT2D eigenvalue weighted by Crippen LogP contribution is 2.11. The van der Waals surface area contributed by atoms with Crippen molar-refractivity contribution in [3.8, 4) is 0 Å². The highest BCUT2D eigenvalue weighted by Gasteiger charge is 2.16. The lowest BCUT2D eigenvalue weighted by Crippen LogP contribution is -2.36. The summed E-state index contributed by atoms with van der Waals surface area (Å²) in [4.78, 5) is 24.4. The Morgan fingerprint density at radius 1 is 1.11 bits per heavy atom. The Bertz CT molecular complexity index is 936. The summed E-state index contributed by atoms with van der Waals surface area (Å²) in [6, 6.07) is 11.7. The summed E-state index contributed by atoms with van der Waals surface area (Å²) in [6.07, 6.45) is 3.34. The molecule has 0 unspecified atom stereocenters. The lowest BCUT2D eigenvalue weighted by atomic mass is 10.1. The summed E-state index contributed by atoms with van der Waals surface area (Å²) in [5, 5.41) is 2.51. The maximum atomic E-state index is 12.2.